The summed E-state index contributed by atoms with van der Waals surface area (Å²) in [5, 5.41) is 0. The van der Waals surface area contributed by atoms with Crippen molar-refractivity contribution in [3.05, 3.63) is 65.7 Å². The molecule has 0 N–H and O–H groups in total. The summed E-state index contributed by atoms with van der Waals surface area (Å²) in [6.07, 6.45) is 0. The van der Waals surface area contributed by atoms with Crippen LogP contribution in [0.25, 0.3) is 0 Å². The molecule has 0 saturated heterocycles. The van der Waals surface area contributed by atoms with Crippen LogP contribution >= 0.6 is 23.5 Å². The van der Waals surface area contributed by atoms with E-state index in [0.29, 0.717) is 12.3 Å². The lowest BCUT2D eigenvalue weighted by atomic mass is 10.2. The zero-order valence-corrected chi connectivity index (χ0v) is 16.1. The second-order valence-corrected chi connectivity index (χ2v) is 8.37. The van der Waals surface area contributed by atoms with Crippen molar-refractivity contribution in [1.29, 1.82) is 0 Å². The predicted molar refractivity (Wildman–Crippen MR) is 109 cm³/mol. The lowest BCUT2D eigenvalue weighted by Crippen LogP contribution is -2.37. The zero-order valence-electron chi connectivity index (χ0n) is 14.5. The van der Waals surface area contributed by atoms with Gasteiger partial charge in [-0.15, -0.1) is 0 Å². The van der Waals surface area contributed by atoms with E-state index in [0.717, 1.165) is 21.4 Å². The highest BCUT2D eigenvalue weighted by molar-refractivity contribution is 8.38. The van der Waals surface area contributed by atoms with Gasteiger partial charge in [-0.05, 0) is 31.0 Å². The Morgan fingerprint density at radius 2 is 1.88 bits per heavy atom. The molecule has 0 fully saturated rings. The monoisotopic (exact) mass is 370 g/mol. The smallest absolute Gasteiger partial charge is 0.233 e. The fourth-order valence-corrected chi connectivity index (χ4v) is 4.58. The van der Waals surface area contributed by atoms with E-state index in [9.17, 15) is 4.79 Å². The minimum atomic E-state index is 0.158. The molecule has 1 amide bonds. The van der Waals surface area contributed by atoms with Crippen molar-refractivity contribution in [1.82, 2.24) is 4.90 Å². The predicted octanol–water partition coefficient (Wildman–Crippen LogP) is 5.09. The number of fused-ring (bicyclic) bond motifs is 1. The standard InChI is InChI=1S/C20H22N2OS2/c1-15(2)22(12-16-8-4-3-5-9-16)19(23)14-25-20-21-18-11-7-6-10-17(18)13-24-20/h3-11,15H,12-14H2,1-2H3. The minimum Gasteiger partial charge on any atom is -0.335 e. The van der Waals surface area contributed by atoms with Gasteiger partial charge in [-0.1, -0.05) is 72.1 Å². The zero-order chi connectivity index (χ0) is 17.6. The van der Waals surface area contributed by atoms with E-state index < -0.39 is 0 Å². The van der Waals surface area contributed by atoms with E-state index in [4.69, 9.17) is 0 Å². The van der Waals surface area contributed by atoms with E-state index in [-0.39, 0.29) is 11.9 Å². The van der Waals surface area contributed by atoms with Crippen LogP contribution in [0.1, 0.15) is 25.0 Å². The number of hydrogen-bond acceptors (Lipinski definition) is 4. The molecule has 25 heavy (non-hydrogen) atoms. The molecule has 0 atom stereocenters. The van der Waals surface area contributed by atoms with E-state index in [1.54, 1.807) is 23.5 Å². The first kappa shape index (κ1) is 18.1. The summed E-state index contributed by atoms with van der Waals surface area (Å²) in [7, 11) is 0. The third-order valence-electron chi connectivity index (χ3n) is 4.01. The third-order valence-corrected chi connectivity index (χ3v) is 6.24. The first-order valence-corrected chi connectivity index (χ1v) is 10.4. The summed E-state index contributed by atoms with van der Waals surface area (Å²) >= 11 is 3.26. The molecule has 1 aliphatic rings. The second-order valence-electron chi connectivity index (χ2n) is 6.18. The molecular weight excluding hydrogens is 348 g/mol. The number of para-hydroxylation sites is 1. The number of thioether (sulfide) groups is 2. The molecule has 1 heterocycles. The van der Waals surface area contributed by atoms with Gasteiger partial charge >= 0.3 is 0 Å². The van der Waals surface area contributed by atoms with Crippen LogP contribution in [-0.4, -0.2) is 27.0 Å². The largest absolute Gasteiger partial charge is 0.335 e. The topological polar surface area (TPSA) is 32.7 Å². The van der Waals surface area contributed by atoms with Gasteiger partial charge in [0.1, 0.15) is 4.38 Å². The highest BCUT2D eigenvalue weighted by atomic mass is 32.2. The maximum absolute atomic E-state index is 12.7. The molecule has 130 valence electrons. The molecule has 0 radical (unpaired) electrons. The number of amides is 1. The second kappa shape index (κ2) is 8.59. The van der Waals surface area contributed by atoms with Crippen LogP contribution in [0.5, 0.6) is 0 Å². The number of carbonyl (C=O) groups is 1. The van der Waals surface area contributed by atoms with Gasteiger partial charge in [0.15, 0.2) is 0 Å². The quantitative estimate of drug-likeness (QED) is 0.735. The van der Waals surface area contributed by atoms with Crippen molar-refractivity contribution in [3.8, 4) is 0 Å². The molecule has 1 aliphatic heterocycles. The molecule has 5 heteroatoms. The van der Waals surface area contributed by atoms with Gasteiger partial charge in [0.2, 0.25) is 5.91 Å². The summed E-state index contributed by atoms with van der Waals surface area (Å²) in [5.74, 6) is 1.51. The lowest BCUT2D eigenvalue weighted by Gasteiger charge is -2.27. The Morgan fingerprint density at radius 3 is 2.64 bits per heavy atom. The SMILES string of the molecule is CC(C)N(Cc1ccccc1)C(=O)CSC1=Nc2ccccc2CS1. The highest BCUT2D eigenvalue weighted by Gasteiger charge is 2.19. The molecule has 3 nitrogen and oxygen atoms in total. The van der Waals surface area contributed by atoms with Crippen LogP contribution in [0.4, 0.5) is 5.69 Å². The van der Waals surface area contributed by atoms with E-state index in [2.05, 4.69) is 37.0 Å². The summed E-state index contributed by atoms with van der Waals surface area (Å²) in [6.45, 7) is 4.78. The summed E-state index contributed by atoms with van der Waals surface area (Å²) in [4.78, 5) is 19.3. The van der Waals surface area contributed by atoms with Gasteiger partial charge in [-0.3, -0.25) is 4.79 Å². The minimum absolute atomic E-state index is 0.158. The normalized spacial score (nSPS) is 13.3. The number of benzene rings is 2. The van der Waals surface area contributed by atoms with Crippen LogP contribution < -0.4 is 0 Å². The lowest BCUT2D eigenvalue weighted by molar-refractivity contribution is -0.130. The van der Waals surface area contributed by atoms with Gasteiger partial charge in [0.25, 0.3) is 0 Å². The average molecular weight is 371 g/mol. The van der Waals surface area contributed by atoms with Crippen LogP contribution in [0.2, 0.25) is 0 Å². The maximum atomic E-state index is 12.7. The van der Waals surface area contributed by atoms with E-state index in [1.165, 1.54) is 5.56 Å². The van der Waals surface area contributed by atoms with Crippen molar-refractivity contribution in [2.45, 2.75) is 32.2 Å². The Hall–Kier alpha value is -1.72. The van der Waals surface area contributed by atoms with Gasteiger partial charge in [-0.25, -0.2) is 4.99 Å². The van der Waals surface area contributed by atoms with Crippen molar-refractivity contribution < 1.29 is 4.79 Å². The van der Waals surface area contributed by atoms with Crippen LogP contribution in [0.15, 0.2) is 59.6 Å². The van der Waals surface area contributed by atoms with Gasteiger partial charge in [0, 0.05) is 18.3 Å². The van der Waals surface area contributed by atoms with Gasteiger partial charge < -0.3 is 4.90 Å². The molecule has 0 aromatic heterocycles. The van der Waals surface area contributed by atoms with Crippen molar-refractivity contribution in [2.24, 2.45) is 4.99 Å². The van der Waals surface area contributed by atoms with Crippen LogP contribution in [0, 0.1) is 0 Å². The first-order chi connectivity index (χ1) is 12.1. The molecule has 0 spiro atoms. The van der Waals surface area contributed by atoms with Crippen LogP contribution in [0.3, 0.4) is 0 Å². The Bertz CT molecular complexity index is 759. The first-order valence-electron chi connectivity index (χ1n) is 8.39. The van der Waals surface area contributed by atoms with E-state index in [1.807, 2.05) is 41.3 Å². The van der Waals surface area contributed by atoms with Crippen molar-refractivity contribution in [3.63, 3.8) is 0 Å². The van der Waals surface area contributed by atoms with Gasteiger partial charge in [0.05, 0.1) is 11.4 Å². The summed E-state index contributed by atoms with van der Waals surface area (Å²) < 4.78 is 0.982. The van der Waals surface area contributed by atoms with Crippen LogP contribution in [-0.2, 0) is 17.1 Å². The molecule has 0 unspecified atom stereocenters. The number of nitrogens with zero attached hydrogens (tertiary/aromatic N) is 2. The fourth-order valence-electron chi connectivity index (χ4n) is 2.63. The molecule has 0 saturated carbocycles. The Labute approximate surface area is 157 Å². The number of aliphatic imine (C=N–C) groups is 1. The summed E-state index contributed by atoms with van der Waals surface area (Å²) in [5.41, 5.74) is 3.45. The van der Waals surface area contributed by atoms with E-state index >= 15 is 0 Å². The molecule has 2 aromatic carbocycles. The average Bonchev–Trinajstić information content (AvgIpc) is 2.64. The van der Waals surface area contributed by atoms with Crippen molar-refractivity contribution >= 4 is 39.5 Å². The molecule has 3 rings (SSSR count). The molecule has 0 aliphatic carbocycles. The molecule has 2 aromatic rings. The van der Waals surface area contributed by atoms with Gasteiger partial charge in [-0.2, -0.15) is 0 Å². The highest BCUT2D eigenvalue weighted by Crippen LogP contribution is 2.34. The third kappa shape index (κ3) is 4.89. The Kier molecular flexibility index (Phi) is 6.21. The number of rotatable bonds is 5. The summed E-state index contributed by atoms with van der Waals surface area (Å²) in [6, 6.07) is 18.5. The number of carbonyl (C=O) groups excluding carboxylic acids is 1. The maximum Gasteiger partial charge on any atom is 0.233 e. The fraction of sp³-hybridized carbons (Fsp3) is 0.300. The number of hydrogen-bond donors (Lipinski definition) is 0. The molecule has 0 bridgehead atoms. The van der Waals surface area contributed by atoms with Crippen molar-refractivity contribution in [2.75, 3.05) is 5.75 Å². The molecular formula is C20H22N2OS2. The Morgan fingerprint density at radius 1 is 1.16 bits per heavy atom. The Balaban J connectivity index is 1.62.